The van der Waals surface area contributed by atoms with Crippen LogP contribution in [0, 0.1) is 5.92 Å². The first-order valence-electron chi connectivity index (χ1n) is 14.4. The SMILES string of the molecule is O=C(Oc1ccccn1)N1CCC(COc2ccc(CN3Cc4ccccc4C3)cc2S(=O)(=O)N2CCCC2)CC1. The molecule has 216 valence electrons. The zero-order valence-corrected chi connectivity index (χ0v) is 24.0. The molecule has 0 bridgehead atoms. The van der Waals surface area contributed by atoms with E-state index in [9.17, 15) is 13.2 Å². The molecule has 3 aromatic rings. The van der Waals surface area contributed by atoms with Crippen LogP contribution < -0.4 is 9.47 Å². The lowest BCUT2D eigenvalue weighted by Crippen LogP contribution is -2.41. The average Bonchev–Trinajstić information content (AvgIpc) is 3.68. The number of piperidine rings is 1. The standard InChI is InChI=1S/C31H36N4O5S/c36-31(40-30-9-3-4-14-32-30)34-17-12-24(13-18-34)23-39-28-11-10-25(19-29(28)41(37,38)35-15-5-6-16-35)20-33-21-26-7-1-2-8-27(26)22-33/h1-4,7-11,14,19,24H,5-6,12-13,15-18,20-23H2. The molecule has 3 aliphatic rings. The minimum Gasteiger partial charge on any atom is -0.492 e. The van der Waals surface area contributed by atoms with Gasteiger partial charge in [-0.2, -0.15) is 4.31 Å². The van der Waals surface area contributed by atoms with Crippen LogP contribution in [0.2, 0.25) is 0 Å². The summed E-state index contributed by atoms with van der Waals surface area (Å²) in [5.74, 6) is 0.897. The fourth-order valence-corrected chi connectivity index (χ4v) is 7.56. The number of carbonyl (C=O) groups is 1. The first-order valence-corrected chi connectivity index (χ1v) is 15.8. The summed E-state index contributed by atoms with van der Waals surface area (Å²) in [5.41, 5.74) is 3.62. The van der Waals surface area contributed by atoms with Crippen LogP contribution >= 0.6 is 0 Å². The summed E-state index contributed by atoms with van der Waals surface area (Å²) in [6.45, 7) is 4.97. The van der Waals surface area contributed by atoms with Gasteiger partial charge in [0.25, 0.3) is 0 Å². The Balaban J connectivity index is 1.11. The van der Waals surface area contributed by atoms with Gasteiger partial charge in [0.05, 0.1) is 6.61 Å². The first kappa shape index (κ1) is 27.7. The highest BCUT2D eigenvalue weighted by Gasteiger charge is 2.32. The highest BCUT2D eigenvalue weighted by atomic mass is 32.2. The Bertz CT molecular complexity index is 1440. The van der Waals surface area contributed by atoms with Crippen molar-refractivity contribution in [3.05, 3.63) is 83.6 Å². The topological polar surface area (TPSA) is 92.3 Å². The van der Waals surface area contributed by atoms with E-state index in [1.807, 2.05) is 18.2 Å². The largest absolute Gasteiger partial charge is 0.492 e. The normalized spacial score (nSPS) is 18.4. The van der Waals surface area contributed by atoms with E-state index in [1.54, 1.807) is 33.6 Å². The smallest absolute Gasteiger partial charge is 0.416 e. The number of sulfonamides is 1. The van der Waals surface area contributed by atoms with E-state index < -0.39 is 16.1 Å². The number of fused-ring (bicyclic) bond motifs is 1. The third-order valence-corrected chi connectivity index (χ3v) is 10.1. The van der Waals surface area contributed by atoms with Crippen molar-refractivity contribution in [2.24, 2.45) is 5.92 Å². The van der Waals surface area contributed by atoms with E-state index >= 15 is 0 Å². The van der Waals surface area contributed by atoms with Crippen molar-refractivity contribution >= 4 is 16.1 Å². The molecule has 9 nitrogen and oxygen atoms in total. The summed E-state index contributed by atoms with van der Waals surface area (Å²) >= 11 is 0. The van der Waals surface area contributed by atoms with Gasteiger partial charge in [-0.05, 0) is 66.5 Å². The van der Waals surface area contributed by atoms with E-state index in [1.165, 1.54) is 11.1 Å². The molecule has 41 heavy (non-hydrogen) atoms. The lowest BCUT2D eigenvalue weighted by molar-refractivity contribution is 0.115. The molecular formula is C31H36N4O5S. The second kappa shape index (κ2) is 12.2. The van der Waals surface area contributed by atoms with Crippen molar-refractivity contribution in [3.8, 4) is 11.6 Å². The van der Waals surface area contributed by atoms with Crippen LogP contribution in [0.5, 0.6) is 11.6 Å². The van der Waals surface area contributed by atoms with Crippen LogP contribution in [0.1, 0.15) is 42.4 Å². The van der Waals surface area contributed by atoms with E-state index in [4.69, 9.17) is 9.47 Å². The minimum absolute atomic E-state index is 0.207. The maximum atomic E-state index is 13.7. The predicted molar refractivity (Wildman–Crippen MR) is 154 cm³/mol. The van der Waals surface area contributed by atoms with Crippen LogP contribution in [-0.4, -0.2) is 66.4 Å². The fraction of sp³-hybridized carbons (Fsp3) is 0.419. The Kier molecular flexibility index (Phi) is 8.23. The number of hydrogen-bond donors (Lipinski definition) is 0. The van der Waals surface area contributed by atoms with Gasteiger partial charge in [-0.1, -0.05) is 36.4 Å². The number of nitrogens with zero attached hydrogens (tertiary/aromatic N) is 4. The number of amides is 1. The van der Waals surface area contributed by atoms with E-state index in [0.29, 0.717) is 45.1 Å². The van der Waals surface area contributed by atoms with E-state index in [2.05, 4.69) is 34.1 Å². The van der Waals surface area contributed by atoms with Crippen molar-refractivity contribution in [3.63, 3.8) is 0 Å². The van der Waals surface area contributed by atoms with Crippen molar-refractivity contribution in [2.75, 3.05) is 32.8 Å². The number of likely N-dealkylation sites (tertiary alicyclic amines) is 1. The molecule has 1 amide bonds. The second-order valence-corrected chi connectivity index (χ2v) is 13.0. The summed E-state index contributed by atoms with van der Waals surface area (Å²) in [4.78, 5) is 20.8. The number of ether oxygens (including phenoxy) is 2. The summed E-state index contributed by atoms with van der Waals surface area (Å²) in [7, 11) is -3.67. The van der Waals surface area contributed by atoms with Gasteiger partial charge in [0.1, 0.15) is 10.6 Å². The van der Waals surface area contributed by atoms with Crippen LogP contribution in [-0.2, 0) is 29.7 Å². The molecule has 2 fully saturated rings. The molecule has 3 aliphatic heterocycles. The lowest BCUT2D eigenvalue weighted by atomic mass is 9.98. The maximum Gasteiger partial charge on any atom is 0.416 e. The van der Waals surface area contributed by atoms with Gasteiger partial charge < -0.3 is 14.4 Å². The molecule has 2 aromatic carbocycles. The molecule has 6 rings (SSSR count). The zero-order valence-electron chi connectivity index (χ0n) is 23.2. The number of hydrogen-bond acceptors (Lipinski definition) is 7. The number of rotatable bonds is 8. The molecular weight excluding hydrogens is 540 g/mol. The van der Waals surface area contributed by atoms with Crippen LogP contribution in [0.4, 0.5) is 4.79 Å². The monoisotopic (exact) mass is 576 g/mol. The van der Waals surface area contributed by atoms with Gasteiger partial charge >= 0.3 is 6.09 Å². The molecule has 0 atom stereocenters. The Morgan fingerprint density at radius 2 is 1.61 bits per heavy atom. The summed E-state index contributed by atoms with van der Waals surface area (Å²) < 4.78 is 40.6. The Morgan fingerprint density at radius 3 is 2.29 bits per heavy atom. The first-order chi connectivity index (χ1) is 20.0. The summed E-state index contributed by atoms with van der Waals surface area (Å²) in [6, 6.07) is 19.2. The molecule has 4 heterocycles. The third-order valence-electron chi connectivity index (χ3n) is 8.18. The number of pyridine rings is 1. The lowest BCUT2D eigenvalue weighted by Gasteiger charge is -2.31. The molecule has 0 unspecified atom stereocenters. The van der Waals surface area contributed by atoms with Gasteiger partial charge in [-0.25, -0.2) is 18.2 Å². The fourth-order valence-electron chi connectivity index (χ4n) is 5.86. The van der Waals surface area contributed by atoms with Gasteiger partial charge in [-0.3, -0.25) is 4.90 Å². The van der Waals surface area contributed by atoms with Crippen molar-refractivity contribution in [2.45, 2.75) is 50.2 Å². The van der Waals surface area contributed by atoms with Crippen LogP contribution in [0.25, 0.3) is 0 Å². The van der Waals surface area contributed by atoms with E-state index in [0.717, 1.165) is 44.3 Å². The molecule has 2 saturated heterocycles. The van der Waals surface area contributed by atoms with E-state index in [-0.39, 0.29) is 16.7 Å². The van der Waals surface area contributed by atoms with Gasteiger partial charge in [0.2, 0.25) is 15.9 Å². The van der Waals surface area contributed by atoms with Gasteiger partial charge in [0, 0.05) is 58.1 Å². The summed E-state index contributed by atoms with van der Waals surface area (Å²) in [5, 5.41) is 0. The molecule has 0 N–H and O–H groups in total. The van der Waals surface area contributed by atoms with Gasteiger partial charge in [0.15, 0.2) is 0 Å². The second-order valence-electron chi connectivity index (χ2n) is 11.1. The molecule has 0 radical (unpaired) electrons. The maximum absolute atomic E-state index is 13.7. The average molecular weight is 577 g/mol. The Hall–Kier alpha value is -3.47. The highest BCUT2D eigenvalue weighted by molar-refractivity contribution is 7.89. The van der Waals surface area contributed by atoms with Crippen molar-refractivity contribution < 1.29 is 22.7 Å². The molecule has 1 aromatic heterocycles. The van der Waals surface area contributed by atoms with Crippen molar-refractivity contribution in [1.29, 1.82) is 0 Å². The molecule has 0 saturated carbocycles. The van der Waals surface area contributed by atoms with Gasteiger partial charge in [-0.15, -0.1) is 0 Å². The Labute approximate surface area is 241 Å². The minimum atomic E-state index is -3.67. The number of carbonyl (C=O) groups excluding carboxylic acids is 1. The predicted octanol–water partition coefficient (Wildman–Crippen LogP) is 4.67. The third kappa shape index (κ3) is 6.39. The molecule has 0 spiro atoms. The highest BCUT2D eigenvalue weighted by Crippen LogP contribution is 2.33. The van der Waals surface area contributed by atoms with Crippen molar-refractivity contribution in [1.82, 2.24) is 19.1 Å². The van der Waals surface area contributed by atoms with Crippen LogP contribution in [0.3, 0.4) is 0 Å². The molecule has 10 heteroatoms. The quantitative estimate of drug-likeness (QED) is 0.385. The number of aromatic nitrogens is 1. The van der Waals surface area contributed by atoms with Crippen LogP contribution in [0.15, 0.2) is 71.8 Å². The Morgan fingerprint density at radius 1 is 0.902 bits per heavy atom. The zero-order chi connectivity index (χ0) is 28.2. The number of benzene rings is 2. The summed E-state index contributed by atoms with van der Waals surface area (Å²) in [6.07, 6.45) is 4.43. The molecule has 0 aliphatic carbocycles.